The number of carbonyl (C=O) groups excluding carboxylic acids is 7. The Kier molecular flexibility index (Phi) is 23.3. The van der Waals surface area contributed by atoms with Crippen LogP contribution in [0.15, 0.2) is 18.2 Å². The molecule has 1 aliphatic heterocycles. The fourth-order valence-corrected chi connectivity index (χ4v) is 9.55. The second kappa shape index (κ2) is 27.5. The van der Waals surface area contributed by atoms with Gasteiger partial charge in [0.2, 0.25) is 41.4 Å². The summed E-state index contributed by atoms with van der Waals surface area (Å²) in [7, 11) is -3.91. The van der Waals surface area contributed by atoms with Gasteiger partial charge in [0.05, 0.1) is 18.8 Å². The van der Waals surface area contributed by atoms with E-state index < -0.39 is 116 Å². The molecule has 1 saturated carbocycles. The molecule has 1 aliphatic carbocycles. The number of alkyl halides is 2. The number of aliphatic carboxylic acids is 1. The first kappa shape index (κ1) is 56.8. The van der Waals surface area contributed by atoms with Gasteiger partial charge in [0.1, 0.15) is 36.0 Å². The number of hydrogen-bond acceptors (Lipinski definition) is 12. The van der Waals surface area contributed by atoms with Gasteiger partial charge in [-0.05, 0) is 57.6 Å². The number of nitrogens with two attached hydrogens (primary N) is 2. The van der Waals surface area contributed by atoms with Crippen molar-refractivity contribution in [3.8, 4) is 0 Å². The van der Waals surface area contributed by atoms with Crippen LogP contribution in [0.25, 0.3) is 0 Å². The van der Waals surface area contributed by atoms with Crippen molar-refractivity contribution in [3.63, 3.8) is 0 Å². The van der Waals surface area contributed by atoms with Crippen molar-refractivity contribution in [2.24, 2.45) is 17.2 Å². The van der Waals surface area contributed by atoms with Crippen LogP contribution in [0.2, 0.25) is 0 Å². The minimum absolute atomic E-state index is 0.0105. The normalized spacial score (nSPS) is 19.5. The molecule has 26 heteroatoms. The highest BCUT2D eigenvalue weighted by Crippen LogP contribution is 2.43. The number of carbonyl (C=O) groups is 8. The second-order valence-corrected chi connectivity index (χ2v) is 19.3. The zero-order chi connectivity index (χ0) is 50.0. The molecule has 0 spiro atoms. The van der Waals surface area contributed by atoms with Crippen LogP contribution in [-0.2, 0) is 54.1 Å². The van der Waals surface area contributed by atoms with Crippen molar-refractivity contribution in [2.75, 3.05) is 36.7 Å². The highest BCUT2D eigenvalue weighted by molar-refractivity contribution is 7.53. The summed E-state index contributed by atoms with van der Waals surface area (Å²) < 4.78 is 34.8. The number of amides is 7. The maximum absolute atomic E-state index is 15.3. The molecule has 0 radical (unpaired) electrons. The van der Waals surface area contributed by atoms with Gasteiger partial charge in [0.25, 0.3) is 0 Å². The summed E-state index contributed by atoms with van der Waals surface area (Å²) in [6.45, 7) is 2.00. The lowest BCUT2D eigenvalue weighted by atomic mass is 9.83. The predicted molar refractivity (Wildman–Crippen MR) is 242 cm³/mol. The molecule has 2 fully saturated rings. The molecule has 1 aromatic rings. The molecule has 0 bridgehead atoms. The molecule has 1 heterocycles. The zero-order valence-electron chi connectivity index (χ0n) is 37.4. The molecule has 376 valence electrons. The third kappa shape index (κ3) is 18.2. The third-order valence-corrected chi connectivity index (χ3v) is 13.3. The van der Waals surface area contributed by atoms with Crippen LogP contribution in [0.5, 0.6) is 0 Å². The van der Waals surface area contributed by atoms with Crippen molar-refractivity contribution < 1.29 is 67.2 Å². The number of benzene rings is 1. The van der Waals surface area contributed by atoms with Crippen molar-refractivity contribution in [1.82, 2.24) is 30.8 Å². The smallest absolute Gasteiger partial charge is 0.341 e. The lowest BCUT2D eigenvalue weighted by molar-refractivity contribution is -0.140. The van der Waals surface area contributed by atoms with Crippen LogP contribution >= 0.6 is 30.9 Å². The molecule has 22 nitrogen and oxygen atoms in total. The number of carboxylic acid groups (broad SMARTS) is 1. The van der Waals surface area contributed by atoms with E-state index in [4.69, 9.17) is 44.1 Å². The Morgan fingerprint density at radius 3 is 2.16 bits per heavy atom. The van der Waals surface area contributed by atoms with Gasteiger partial charge in [-0.2, -0.15) is 0 Å². The van der Waals surface area contributed by atoms with Crippen molar-refractivity contribution in [2.45, 2.75) is 134 Å². The number of nitrogens with one attached hydrogen (secondary N) is 5. The van der Waals surface area contributed by atoms with Gasteiger partial charge in [0.15, 0.2) is 0 Å². The first-order chi connectivity index (χ1) is 31.6. The van der Waals surface area contributed by atoms with Crippen molar-refractivity contribution >= 4 is 83.9 Å². The van der Waals surface area contributed by atoms with Gasteiger partial charge in [-0.1, -0.05) is 25.3 Å². The number of β-amino-alcohol motifs (C(OH)–C–C–N with tert-alkyl or cyclic N) is 1. The number of anilines is 1. The summed E-state index contributed by atoms with van der Waals surface area (Å²) in [4.78, 5) is 105. The number of likely N-dealkylation sites (tertiary alicyclic amines) is 1. The topological polar surface area (TPSA) is 342 Å². The number of aliphatic hydroxyl groups is 2. The number of nitrogens with zero attached hydrogens (tertiary/aromatic N) is 2. The van der Waals surface area contributed by atoms with Crippen molar-refractivity contribution in [3.05, 3.63) is 29.6 Å². The number of rotatable bonds is 27. The Labute approximate surface area is 397 Å². The molecule has 2 aliphatic rings. The highest BCUT2D eigenvalue weighted by atomic mass is 35.5. The second-order valence-electron chi connectivity index (χ2n) is 16.6. The van der Waals surface area contributed by atoms with E-state index in [1.807, 2.05) is 0 Å². The molecule has 8 atom stereocenters. The molecule has 67 heavy (non-hydrogen) atoms. The maximum atomic E-state index is 15.3. The first-order valence-electron chi connectivity index (χ1n) is 21.9. The van der Waals surface area contributed by atoms with Crippen molar-refractivity contribution in [1.29, 1.82) is 0 Å². The van der Waals surface area contributed by atoms with E-state index in [0.29, 0.717) is 25.7 Å². The average Bonchev–Trinajstić information content (AvgIpc) is 3.67. The minimum atomic E-state index is -3.91. The Balaban J connectivity index is 1.74. The maximum Gasteiger partial charge on any atom is 0.341 e. The number of aliphatic hydroxyl groups excluding tert-OH is 2. The van der Waals surface area contributed by atoms with Crippen LogP contribution < -0.4 is 37.8 Å². The summed E-state index contributed by atoms with van der Waals surface area (Å²) in [6.07, 6.45) is -0.650. The Morgan fingerprint density at radius 2 is 1.58 bits per heavy atom. The molecular formula is C41H63Cl2FN9O13P. The van der Waals surface area contributed by atoms with E-state index in [0.717, 1.165) is 17.4 Å². The van der Waals surface area contributed by atoms with E-state index in [2.05, 4.69) is 26.6 Å². The fourth-order valence-electron chi connectivity index (χ4n) is 7.66. The summed E-state index contributed by atoms with van der Waals surface area (Å²) in [5.41, 5.74) is 11.1. The van der Waals surface area contributed by atoms with E-state index in [1.54, 1.807) is 0 Å². The van der Waals surface area contributed by atoms with Gasteiger partial charge < -0.3 is 57.1 Å². The Hall–Kier alpha value is -4.48. The van der Waals surface area contributed by atoms with Gasteiger partial charge in [-0.25, -0.2) is 14.6 Å². The summed E-state index contributed by atoms with van der Waals surface area (Å²) in [6, 6.07) is -3.43. The number of halogens is 3. The van der Waals surface area contributed by atoms with E-state index >= 15 is 4.39 Å². The molecule has 1 aromatic carbocycles. The molecule has 1 unspecified atom stereocenters. The highest BCUT2D eigenvalue weighted by Gasteiger charge is 2.41. The lowest BCUT2D eigenvalue weighted by Gasteiger charge is -2.33. The molecule has 1 saturated heterocycles. The van der Waals surface area contributed by atoms with Crippen LogP contribution in [-0.4, -0.2) is 146 Å². The number of primary amides is 1. The monoisotopic (exact) mass is 1010 g/mol. The largest absolute Gasteiger partial charge is 0.481 e. The molecule has 0 aromatic heterocycles. The van der Waals surface area contributed by atoms with Gasteiger partial charge in [-0.15, -0.1) is 23.2 Å². The number of hydrogen-bond donors (Lipinski definition) is 10. The average molecular weight is 1010 g/mol. The molecular weight excluding hydrogens is 947 g/mol. The van der Waals surface area contributed by atoms with Gasteiger partial charge in [0, 0.05) is 68.3 Å². The van der Waals surface area contributed by atoms with E-state index in [-0.39, 0.29) is 81.2 Å². The zero-order valence-corrected chi connectivity index (χ0v) is 39.8. The standard InChI is InChI=1S/C41H63Cl2FN9O13P/c1-23(47-39(62)31-20-28(55)21-53(31)33(57)9-6-10-34(58)59)37(60)50-35(24(2)54)40(63)51-36(25-7-4-3-5-8-25)41(64)49-30(13-14-32(45)56)38(61)48-27-12-11-26(29(44)19-27)22-66-67(46,65)52(17-15-42)18-16-43/h11-12,19,23-25,28,30-31,35-36,54-55H,3-10,13-18,20-22H2,1-2H3,(H2,45,56)(H2,46,65)(H,47,62)(H,48,61)(H,49,64)(H,50,60)(H,51,63)(H,58,59)/t23-,24+,28+,30-,31-,35-,36-,67?/m0/s1. The summed E-state index contributed by atoms with van der Waals surface area (Å²) >= 11 is 11.5. The van der Waals surface area contributed by atoms with Gasteiger partial charge in [-0.3, -0.25) is 42.9 Å². The van der Waals surface area contributed by atoms with Gasteiger partial charge >= 0.3 is 13.6 Å². The predicted octanol–water partition coefficient (Wildman–Crippen LogP) is 0.530. The molecule has 3 rings (SSSR count). The minimum Gasteiger partial charge on any atom is -0.481 e. The number of carboxylic acids is 1. The molecule has 12 N–H and O–H groups in total. The Morgan fingerprint density at radius 1 is 0.925 bits per heavy atom. The summed E-state index contributed by atoms with van der Waals surface area (Å²) in [5.74, 6) is -8.07. The van der Waals surface area contributed by atoms with E-state index in [9.17, 15) is 53.1 Å². The molecule has 7 amide bonds. The third-order valence-electron chi connectivity index (χ3n) is 11.3. The van der Waals surface area contributed by atoms with Crippen LogP contribution in [0.1, 0.15) is 90.0 Å². The quantitative estimate of drug-likeness (QED) is 0.0425. The summed E-state index contributed by atoms with van der Waals surface area (Å²) in [5, 5.41) is 42.3. The van der Waals surface area contributed by atoms with Crippen LogP contribution in [0.4, 0.5) is 10.1 Å². The Bertz CT molecular complexity index is 1960. The SMILES string of the molecule is C[C@H](NC(=O)[C@@H]1C[C@@H](O)CN1C(=O)CCCC(=O)O)C(=O)N[C@H](C(=O)N[C@H](C(=O)N[C@@H](CCC(N)=O)C(=O)Nc1ccc(COP(N)(=O)N(CCCl)CCCl)c(F)c1)C1CCCCC1)[C@@H](C)O. The first-order valence-corrected chi connectivity index (χ1v) is 24.7. The van der Waals surface area contributed by atoms with E-state index in [1.165, 1.54) is 30.7 Å². The fraction of sp³-hybridized carbons (Fsp3) is 0.659. The van der Waals surface area contributed by atoms with Crippen LogP contribution in [0, 0.1) is 11.7 Å². The lowest BCUT2D eigenvalue weighted by Crippen LogP contribution is -2.62. The van der Waals surface area contributed by atoms with Crippen LogP contribution in [0.3, 0.4) is 0 Å².